The molecule has 1 aliphatic rings. The van der Waals surface area contributed by atoms with Crippen LogP contribution in [0.5, 0.6) is 0 Å². The van der Waals surface area contributed by atoms with E-state index in [1.165, 1.54) is 17.8 Å². The van der Waals surface area contributed by atoms with Gasteiger partial charge in [-0.05, 0) is 30.7 Å². The first kappa shape index (κ1) is 11.9. The summed E-state index contributed by atoms with van der Waals surface area (Å²) in [5.41, 5.74) is 0. The molecule has 0 radical (unpaired) electrons. The molecule has 0 saturated carbocycles. The Hall–Kier alpha value is -0.580. The van der Waals surface area contributed by atoms with Crippen molar-refractivity contribution >= 4 is 28.8 Å². The molecule has 1 aromatic rings. The molecule has 1 N–H and O–H groups in total. The lowest BCUT2D eigenvalue weighted by Gasteiger charge is -2.22. The molecule has 2 heterocycles. The van der Waals surface area contributed by atoms with Gasteiger partial charge in [0.2, 0.25) is 0 Å². The third-order valence-electron chi connectivity index (χ3n) is 2.59. The van der Waals surface area contributed by atoms with Crippen LogP contribution in [0, 0.1) is 0 Å². The Morgan fingerprint density at radius 3 is 3.12 bits per heavy atom. The fourth-order valence-electron chi connectivity index (χ4n) is 1.71. The smallest absolute Gasteiger partial charge is 0.262 e. The van der Waals surface area contributed by atoms with Gasteiger partial charge in [0.25, 0.3) is 5.91 Å². The summed E-state index contributed by atoms with van der Waals surface area (Å²) in [7, 11) is 0. The molecule has 1 aliphatic heterocycles. The number of hydrogen-bond acceptors (Lipinski definition) is 3. The van der Waals surface area contributed by atoms with Crippen LogP contribution in [-0.2, 0) is 4.74 Å². The lowest BCUT2D eigenvalue weighted by atomic mass is 10.1. The molecule has 1 saturated heterocycles. The number of carbonyl (C=O) groups excluding carboxylic acids is 1. The van der Waals surface area contributed by atoms with E-state index in [-0.39, 0.29) is 12.0 Å². The molecule has 1 atom stereocenters. The normalized spacial score (nSPS) is 20.7. The minimum Gasteiger partial charge on any atom is -0.376 e. The molecule has 1 aromatic heterocycles. The summed E-state index contributed by atoms with van der Waals surface area (Å²) >= 11 is 7.23. The Balaban J connectivity index is 1.81. The van der Waals surface area contributed by atoms with Crippen LogP contribution in [0.3, 0.4) is 0 Å². The van der Waals surface area contributed by atoms with Crippen LogP contribution in [0.4, 0.5) is 0 Å². The minimum atomic E-state index is -0.103. The van der Waals surface area contributed by atoms with Crippen molar-refractivity contribution in [3.05, 3.63) is 21.3 Å². The largest absolute Gasteiger partial charge is 0.376 e. The lowest BCUT2D eigenvalue weighted by Crippen LogP contribution is -2.35. The molecule has 1 unspecified atom stereocenters. The van der Waals surface area contributed by atoms with Crippen LogP contribution in [0.15, 0.2) is 11.4 Å². The molecular formula is C11H14ClNO2S. The third kappa shape index (κ3) is 2.97. The first-order valence-corrected chi connectivity index (χ1v) is 6.66. The van der Waals surface area contributed by atoms with E-state index >= 15 is 0 Å². The molecular weight excluding hydrogens is 246 g/mol. The fraction of sp³-hybridized carbons (Fsp3) is 0.545. The zero-order valence-corrected chi connectivity index (χ0v) is 10.4. The number of hydrogen-bond donors (Lipinski definition) is 1. The van der Waals surface area contributed by atoms with Gasteiger partial charge in [-0.1, -0.05) is 11.6 Å². The molecule has 3 nitrogen and oxygen atoms in total. The van der Waals surface area contributed by atoms with Crippen molar-refractivity contribution in [2.75, 3.05) is 13.2 Å². The van der Waals surface area contributed by atoms with Gasteiger partial charge in [-0.2, -0.15) is 0 Å². The van der Waals surface area contributed by atoms with Crippen molar-refractivity contribution in [2.24, 2.45) is 0 Å². The summed E-state index contributed by atoms with van der Waals surface area (Å²) in [6, 6.07) is 1.73. The van der Waals surface area contributed by atoms with Gasteiger partial charge in [-0.25, -0.2) is 0 Å². The van der Waals surface area contributed by atoms with Crippen LogP contribution in [-0.4, -0.2) is 25.2 Å². The quantitative estimate of drug-likeness (QED) is 0.906. The van der Waals surface area contributed by atoms with Crippen LogP contribution < -0.4 is 5.32 Å². The molecule has 5 heteroatoms. The van der Waals surface area contributed by atoms with Gasteiger partial charge < -0.3 is 10.1 Å². The summed E-state index contributed by atoms with van der Waals surface area (Å²) in [6.07, 6.45) is 3.50. The van der Waals surface area contributed by atoms with Gasteiger partial charge in [0.15, 0.2) is 0 Å². The van der Waals surface area contributed by atoms with Crippen molar-refractivity contribution in [1.82, 2.24) is 5.32 Å². The van der Waals surface area contributed by atoms with Gasteiger partial charge in [0, 0.05) is 13.2 Å². The number of amides is 1. The van der Waals surface area contributed by atoms with E-state index in [0.717, 1.165) is 19.4 Å². The lowest BCUT2D eigenvalue weighted by molar-refractivity contribution is 0.0169. The molecule has 0 aromatic carbocycles. The Morgan fingerprint density at radius 2 is 2.50 bits per heavy atom. The molecule has 1 amide bonds. The number of ether oxygens (including phenoxy) is 1. The monoisotopic (exact) mass is 259 g/mol. The molecule has 16 heavy (non-hydrogen) atoms. The van der Waals surface area contributed by atoms with Gasteiger partial charge in [-0.3, -0.25) is 4.79 Å². The highest BCUT2D eigenvalue weighted by atomic mass is 35.5. The molecule has 2 rings (SSSR count). The van der Waals surface area contributed by atoms with E-state index in [9.17, 15) is 4.79 Å². The summed E-state index contributed by atoms with van der Waals surface area (Å²) in [5.74, 6) is -0.103. The van der Waals surface area contributed by atoms with Gasteiger partial charge in [0.1, 0.15) is 4.88 Å². The maximum atomic E-state index is 11.7. The summed E-state index contributed by atoms with van der Waals surface area (Å²) in [6.45, 7) is 1.38. The summed E-state index contributed by atoms with van der Waals surface area (Å²) in [4.78, 5) is 12.3. The minimum absolute atomic E-state index is 0.103. The first-order chi connectivity index (χ1) is 7.77. The van der Waals surface area contributed by atoms with E-state index in [4.69, 9.17) is 16.3 Å². The van der Waals surface area contributed by atoms with Crippen LogP contribution in [0.25, 0.3) is 0 Å². The number of halogens is 1. The molecule has 0 aliphatic carbocycles. The number of carbonyl (C=O) groups is 1. The molecule has 1 fully saturated rings. The topological polar surface area (TPSA) is 38.3 Å². The van der Waals surface area contributed by atoms with Gasteiger partial charge in [-0.15, -0.1) is 11.3 Å². The van der Waals surface area contributed by atoms with Crippen molar-refractivity contribution in [2.45, 2.75) is 25.4 Å². The average Bonchev–Trinajstić information content (AvgIpc) is 2.74. The second kappa shape index (κ2) is 5.66. The van der Waals surface area contributed by atoms with Gasteiger partial charge >= 0.3 is 0 Å². The maximum Gasteiger partial charge on any atom is 0.262 e. The second-order valence-corrected chi connectivity index (χ2v) is 5.12. The zero-order valence-electron chi connectivity index (χ0n) is 8.87. The number of nitrogens with one attached hydrogen (secondary N) is 1. The molecule has 0 spiro atoms. The number of rotatable bonds is 3. The first-order valence-electron chi connectivity index (χ1n) is 5.40. The fourth-order valence-corrected chi connectivity index (χ4v) is 2.77. The molecule has 88 valence electrons. The van der Waals surface area contributed by atoms with Crippen LogP contribution >= 0.6 is 22.9 Å². The Kier molecular flexibility index (Phi) is 4.21. The van der Waals surface area contributed by atoms with E-state index in [0.29, 0.717) is 16.4 Å². The summed E-state index contributed by atoms with van der Waals surface area (Å²) < 4.78 is 5.53. The Labute approximate surface area is 104 Å². The predicted octanol–water partition coefficient (Wildman–Crippen LogP) is 2.70. The van der Waals surface area contributed by atoms with Crippen molar-refractivity contribution in [1.29, 1.82) is 0 Å². The second-order valence-electron chi connectivity index (χ2n) is 3.80. The van der Waals surface area contributed by atoms with E-state index in [1.807, 2.05) is 5.38 Å². The summed E-state index contributed by atoms with van der Waals surface area (Å²) in [5, 5.41) is 5.19. The maximum absolute atomic E-state index is 11.7. The van der Waals surface area contributed by atoms with E-state index < -0.39 is 0 Å². The van der Waals surface area contributed by atoms with E-state index in [1.54, 1.807) is 6.07 Å². The highest BCUT2D eigenvalue weighted by molar-refractivity contribution is 7.12. The van der Waals surface area contributed by atoms with E-state index in [2.05, 4.69) is 5.32 Å². The Morgan fingerprint density at radius 1 is 1.62 bits per heavy atom. The standard InChI is InChI=1S/C11H14ClNO2S/c12-9-4-6-16-10(9)11(14)13-7-8-3-1-2-5-15-8/h4,6,8H,1-3,5,7H2,(H,13,14). The number of thiophene rings is 1. The highest BCUT2D eigenvalue weighted by Crippen LogP contribution is 2.21. The van der Waals surface area contributed by atoms with Crippen LogP contribution in [0.2, 0.25) is 5.02 Å². The SMILES string of the molecule is O=C(NCC1CCCCO1)c1sccc1Cl. The molecule has 0 bridgehead atoms. The highest BCUT2D eigenvalue weighted by Gasteiger charge is 2.16. The third-order valence-corrected chi connectivity index (χ3v) is 3.93. The Bertz CT molecular complexity index is 361. The van der Waals surface area contributed by atoms with Gasteiger partial charge in [0.05, 0.1) is 11.1 Å². The average molecular weight is 260 g/mol. The zero-order chi connectivity index (χ0) is 11.4. The van der Waals surface area contributed by atoms with Crippen molar-refractivity contribution in [3.8, 4) is 0 Å². The van der Waals surface area contributed by atoms with Crippen LogP contribution in [0.1, 0.15) is 28.9 Å². The predicted molar refractivity (Wildman–Crippen MR) is 65.3 cm³/mol. The van der Waals surface area contributed by atoms with Crippen molar-refractivity contribution in [3.63, 3.8) is 0 Å². The van der Waals surface area contributed by atoms with Crippen molar-refractivity contribution < 1.29 is 9.53 Å².